The molecule has 0 spiro atoms. The zero-order valence-electron chi connectivity index (χ0n) is 34.7. The second-order valence-corrected chi connectivity index (χ2v) is 17.3. The van der Waals surface area contributed by atoms with Crippen LogP contribution in [0.25, 0.3) is 15.7 Å². The number of nitrogens with zero attached hydrogens (tertiary/aromatic N) is 9. The van der Waals surface area contributed by atoms with Gasteiger partial charge in [-0.05, 0) is 80.5 Å². The maximum atomic E-state index is 15.5. The topological polar surface area (TPSA) is 130 Å². The van der Waals surface area contributed by atoms with Crippen LogP contribution in [0.2, 0.25) is 0 Å². The predicted octanol–water partition coefficient (Wildman–Crippen LogP) is 4.79. The average Bonchev–Trinajstić information content (AvgIpc) is 3.58. The van der Waals surface area contributed by atoms with E-state index in [4.69, 9.17) is 11.6 Å². The number of piperazine rings is 2. The van der Waals surface area contributed by atoms with E-state index < -0.39 is 17.8 Å². The van der Waals surface area contributed by atoms with Crippen molar-refractivity contribution in [2.24, 2.45) is 5.92 Å². The lowest BCUT2D eigenvalue weighted by Gasteiger charge is -2.45. The maximum absolute atomic E-state index is 15.5. The third kappa shape index (κ3) is 7.96. The quantitative estimate of drug-likeness (QED) is 0.196. The van der Waals surface area contributed by atoms with Gasteiger partial charge in [0.25, 0.3) is 5.91 Å². The molecule has 316 valence electrons. The van der Waals surface area contributed by atoms with Crippen LogP contribution in [0.15, 0.2) is 60.9 Å². The van der Waals surface area contributed by atoms with Gasteiger partial charge in [0.2, 0.25) is 23.4 Å². The number of carbonyl (C=O) groups excluding carboxylic acids is 4. The summed E-state index contributed by atoms with van der Waals surface area (Å²) < 4.78 is 15.5. The van der Waals surface area contributed by atoms with Crippen molar-refractivity contribution in [3.8, 4) is 0 Å². The average molecular weight is 827 g/mol. The molecule has 5 aliphatic heterocycles. The summed E-state index contributed by atoms with van der Waals surface area (Å²) in [4.78, 5) is 76.4. The standard InChI is InChI=1S/C46H51FN10O4/c1-29-26-56(30(2)25-55(29)38-8-7-37(48-3)44-34(38)5-4-14-49-44)43(59)21-32-6-10-41(50-24-32)54-15-12-31(13-16-54)27-52-17-19-53(20-18-52)40-22-33-28-57(46(61)35(33)23-36(40)47)39-9-11-42(58)51-45(39)60/h4-8,10,14,22-24,29-31,39H,9,11-13,15-21,25-28H2,1-2H3,(H,51,58,60)/t29-,30+,39-/m0/s1. The summed E-state index contributed by atoms with van der Waals surface area (Å²) in [6.07, 6.45) is 6.42. The highest BCUT2D eigenvalue weighted by molar-refractivity contribution is 6.05. The molecule has 5 aliphatic rings. The summed E-state index contributed by atoms with van der Waals surface area (Å²) in [5.74, 6) is -0.0281. The van der Waals surface area contributed by atoms with Crippen LogP contribution in [0.5, 0.6) is 0 Å². The molecular weight excluding hydrogens is 776 g/mol. The van der Waals surface area contributed by atoms with Crippen LogP contribution >= 0.6 is 0 Å². The Bertz CT molecular complexity index is 2410. The van der Waals surface area contributed by atoms with Crippen molar-refractivity contribution in [3.63, 3.8) is 0 Å². The molecule has 0 saturated carbocycles. The number of hydrogen-bond donors (Lipinski definition) is 1. The van der Waals surface area contributed by atoms with Crippen molar-refractivity contribution >= 4 is 57.4 Å². The van der Waals surface area contributed by atoms with E-state index in [0.717, 1.165) is 68.0 Å². The van der Waals surface area contributed by atoms with Gasteiger partial charge < -0.3 is 24.5 Å². The molecule has 61 heavy (non-hydrogen) atoms. The van der Waals surface area contributed by atoms with Gasteiger partial charge in [0.15, 0.2) is 0 Å². The number of carbonyl (C=O) groups is 4. The number of rotatable bonds is 8. The Labute approximate surface area is 355 Å². The number of imide groups is 1. The van der Waals surface area contributed by atoms with E-state index in [9.17, 15) is 19.2 Å². The van der Waals surface area contributed by atoms with E-state index in [2.05, 4.69) is 48.6 Å². The molecule has 1 N–H and O–H groups in total. The van der Waals surface area contributed by atoms with Crippen LogP contribution in [-0.4, -0.2) is 125 Å². The first kappa shape index (κ1) is 40.3. The maximum Gasteiger partial charge on any atom is 0.255 e. The smallest absolute Gasteiger partial charge is 0.255 e. The minimum atomic E-state index is -0.727. The molecule has 4 saturated heterocycles. The molecule has 2 aromatic heterocycles. The van der Waals surface area contributed by atoms with Crippen molar-refractivity contribution < 1.29 is 23.6 Å². The second-order valence-electron chi connectivity index (χ2n) is 17.3. The fraction of sp³-hybridized carbons (Fsp3) is 0.457. The van der Waals surface area contributed by atoms with Crippen molar-refractivity contribution in [2.75, 3.05) is 73.6 Å². The van der Waals surface area contributed by atoms with Crippen LogP contribution in [0.1, 0.15) is 61.0 Å². The zero-order valence-corrected chi connectivity index (χ0v) is 34.7. The molecule has 2 aromatic carbocycles. The summed E-state index contributed by atoms with van der Waals surface area (Å²) in [7, 11) is 0. The number of nitrogens with one attached hydrogen (secondary N) is 1. The molecule has 15 heteroatoms. The molecule has 9 rings (SSSR count). The van der Waals surface area contributed by atoms with Crippen LogP contribution in [-0.2, 0) is 27.3 Å². The molecule has 14 nitrogen and oxygen atoms in total. The van der Waals surface area contributed by atoms with E-state index in [0.29, 0.717) is 61.0 Å². The molecule has 7 heterocycles. The van der Waals surface area contributed by atoms with Gasteiger partial charge in [0.1, 0.15) is 17.7 Å². The van der Waals surface area contributed by atoms with Gasteiger partial charge in [-0.25, -0.2) is 14.2 Å². The molecule has 0 aliphatic carbocycles. The Morgan fingerprint density at radius 3 is 2.43 bits per heavy atom. The minimum absolute atomic E-state index is 0.00997. The van der Waals surface area contributed by atoms with Crippen molar-refractivity contribution in [2.45, 2.75) is 70.6 Å². The number of piperidine rings is 2. The largest absolute Gasteiger partial charge is 0.367 e. The molecule has 4 aromatic rings. The van der Waals surface area contributed by atoms with E-state index in [1.54, 1.807) is 12.3 Å². The summed E-state index contributed by atoms with van der Waals surface area (Å²) in [5, 5.41) is 3.27. The SMILES string of the molecule is [C-]#[N+]c1ccc(N2C[C@@H](C)N(C(=O)Cc3ccc(N4CCC(CN5CCN(c6cc7c(cc6F)C(=O)N([C@H]6CCC(=O)NC6=O)C7)CC5)CC4)nc3)C[C@@H]2C)c2cccnc12. The van der Waals surface area contributed by atoms with E-state index in [1.165, 1.54) is 11.0 Å². The van der Waals surface area contributed by atoms with E-state index in [1.807, 2.05) is 47.5 Å². The summed E-state index contributed by atoms with van der Waals surface area (Å²) in [6, 6.07) is 14.3. The highest BCUT2D eigenvalue weighted by atomic mass is 19.1. The summed E-state index contributed by atoms with van der Waals surface area (Å²) >= 11 is 0. The monoisotopic (exact) mass is 826 g/mol. The zero-order chi connectivity index (χ0) is 42.4. The lowest BCUT2D eigenvalue weighted by Crippen LogP contribution is -2.58. The van der Waals surface area contributed by atoms with Gasteiger partial charge in [-0.2, -0.15) is 0 Å². The number of benzene rings is 2. The first-order valence-corrected chi connectivity index (χ1v) is 21.5. The van der Waals surface area contributed by atoms with Crippen LogP contribution in [0, 0.1) is 18.3 Å². The number of halogens is 1. The lowest BCUT2D eigenvalue weighted by atomic mass is 9.95. The normalized spacial score (nSPS) is 22.8. The molecule has 3 atom stereocenters. The predicted molar refractivity (Wildman–Crippen MR) is 230 cm³/mol. The first-order chi connectivity index (χ1) is 29.5. The van der Waals surface area contributed by atoms with Gasteiger partial charge in [-0.1, -0.05) is 18.2 Å². The van der Waals surface area contributed by atoms with E-state index >= 15 is 4.39 Å². The molecular formula is C46H51FN10O4. The second kappa shape index (κ2) is 16.7. The summed E-state index contributed by atoms with van der Waals surface area (Å²) in [6.45, 7) is 19.1. The number of hydrogen-bond acceptors (Lipinski definition) is 10. The highest BCUT2D eigenvalue weighted by Gasteiger charge is 2.40. The third-order valence-electron chi connectivity index (χ3n) is 13.4. The highest BCUT2D eigenvalue weighted by Crippen LogP contribution is 2.36. The van der Waals surface area contributed by atoms with Gasteiger partial charge >= 0.3 is 0 Å². The Kier molecular flexibility index (Phi) is 11.0. The molecule has 0 radical (unpaired) electrons. The van der Waals surface area contributed by atoms with Gasteiger partial charge in [0.05, 0.1) is 24.2 Å². The Balaban J connectivity index is 0.729. The Morgan fingerprint density at radius 2 is 1.69 bits per heavy atom. The van der Waals surface area contributed by atoms with E-state index in [-0.39, 0.29) is 54.8 Å². The molecule has 0 unspecified atom stereocenters. The molecule has 4 amide bonds. The number of fused-ring (bicyclic) bond motifs is 2. The first-order valence-electron chi connectivity index (χ1n) is 21.5. The fourth-order valence-corrected chi connectivity index (χ4v) is 9.98. The van der Waals surface area contributed by atoms with Crippen LogP contribution in [0.4, 0.5) is 27.3 Å². The Morgan fingerprint density at radius 1 is 0.885 bits per heavy atom. The van der Waals surface area contributed by atoms with Crippen molar-refractivity contribution in [1.29, 1.82) is 0 Å². The molecule has 0 bridgehead atoms. The number of amides is 4. The number of anilines is 3. The van der Waals surface area contributed by atoms with Gasteiger partial charge in [-0.3, -0.25) is 34.4 Å². The van der Waals surface area contributed by atoms with Crippen LogP contribution in [0.3, 0.4) is 0 Å². The third-order valence-corrected chi connectivity index (χ3v) is 13.4. The molecule has 4 fully saturated rings. The van der Waals surface area contributed by atoms with Crippen molar-refractivity contribution in [3.05, 3.63) is 94.8 Å². The van der Waals surface area contributed by atoms with Crippen LogP contribution < -0.4 is 20.0 Å². The lowest BCUT2D eigenvalue weighted by molar-refractivity contribution is -0.137. The Hall–Kier alpha value is -6.14. The minimum Gasteiger partial charge on any atom is -0.367 e. The van der Waals surface area contributed by atoms with Gasteiger partial charge in [0, 0.05) is 113 Å². The number of aromatic nitrogens is 2. The van der Waals surface area contributed by atoms with Gasteiger partial charge in [-0.15, -0.1) is 0 Å². The summed E-state index contributed by atoms with van der Waals surface area (Å²) in [5.41, 5.74) is 4.68. The van der Waals surface area contributed by atoms with Crippen molar-refractivity contribution in [1.82, 2.24) is 30.0 Å². The fourth-order valence-electron chi connectivity index (χ4n) is 9.98. The number of pyridine rings is 2.